The summed E-state index contributed by atoms with van der Waals surface area (Å²) in [6, 6.07) is 9.10. The molecule has 1 aromatic carbocycles. The maximum atomic E-state index is 13.4. The zero-order valence-corrected chi connectivity index (χ0v) is 11.4. The van der Waals surface area contributed by atoms with Gasteiger partial charge in [-0.1, -0.05) is 26.0 Å². The maximum Gasteiger partial charge on any atom is 0.146 e. The van der Waals surface area contributed by atoms with Gasteiger partial charge in [-0.25, -0.2) is 4.39 Å². The average molecular weight is 261 g/mol. The summed E-state index contributed by atoms with van der Waals surface area (Å²) in [4.78, 5) is 0. The fraction of sp³-hybridized carbons (Fsp3) is 0.400. The first-order valence-corrected chi connectivity index (χ1v) is 6.77. The first-order valence-electron chi connectivity index (χ1n) is 6.77. The van der Waals surface area contributed by atoms with Gasteiger partial charge in [-0.2, -0.15) is 5.10 Å². The molecule has 0 spiro atoms. The zero-order valence-electron chi connectivity index (χ0n) is 11.4. The van der Waals surface area contributed by atoms with Crippen LogP contribution in [0.15, 0.2) is 36.5 Å². The standard InChI is InChI=1S/C15H20FN3/c1-3-13(4-2)19-10-9-12(18-19)11-17-15-8-6-5-7-14(15)16/h5-10,13,17H,3-4,11H2,1-2H3. The van der Waals surface area contributed by atoms with Gasteiger partial charge in [0.1, 0.15) is 5.82 Å². The molecule has 0 amide bonds. The number of para-hydroxylation sites is 1. The van der Waals surface area contributed by atoms with Crippen LogP contribution < -0.4 is 5.32 Å². The van der Waals surface area contributed by atoms with Gasteiger partial charge in [0.15, 0.2) is 0 Å². The second-order valence-electron chi connectivity index (χ2n) is 4.59. The van der Waals surface area contributed by atoms with Crippen molar-refractivity contribution in [1.29, 1.82) is 0 Å². The van der Waals surface area contributed by atoms with E-state index in [1.165, 1.54) is 6.07 Å². The molecule has 0 atom stereocenters. The largest absolute Gasteiger partial charge is 0.377 e. The van der Waals surface area contributed by atoms with E-state index in [1.54, 1.807) is 12.1 Å². The predicted molar refractivity (Wildman–Crippen MR) is 75.6 cm³/mol. The number of halogens is 1. The van der Waals surface area contributed by atoms with Crippen LogP contribution in [0.4, 0.5) is 10.1 Å². The lowest BCUT2D eigenvalue weighted by Gasteiger charge is -2.12. The van der Waals surface area contributed by atoms with E-state index in [9.17, 15) is 4.39 Å². The highest BCUT2D eigenvalue weighted by Crippen LogP contribution is 2.16. The highest BCUT2D eigenvalue weighted by molar-refractivity contribution is 5.44. The second kappa shape index (κ2) is 6.36. The van der Waals surface area contributed by atoms with Crippen LogP contribution in [0.1, 0.15) is 38.4 Å². The molecule has 0 saturated carbocycles. The summed E-state index contributed by atoms with van der Waals surface area (Å²) < 4.78 is 15.4. The molecule has 1 heterocycles. The minimum Gasteiger partial charge on any atom is -0.377 e. The monoisotopic (exact) mass is 261 g/mol. The minimum absolute atomic E-state index is 0.234. The molecular weight excluding hydrogens is 241 g/mol. The van der Waals surface area contributed by atoms with Crippen molar-refractivity contribution in [2.24, 2.45) is 0 Å². The van der Waals surface area contributed by atoms with E-state index in [-0.39, 0.29) is 5.82 Å². The lowest BCUT2D eigenvalue weighted by molar-refractivity contribution is 0.426. The molecule has 102 valence electrons. The van der Waals surface area contributed by atoms with Gasteiger partial charge in [0.2, 0.25) is 0 Å². The Morgan fingerprint density at radius 2 is 1.95 bits per heavy atom. The van der Waals surface area contributed by atoms with E-state index in [2.05, 4.69) is 24.3 Å². The Morgan fingerprint density at radius 1 is 1.21 bits per heavy atom. The van der Waals surface area contributed by atoms with Crippen molar-refractivity contribution in [2.75, 3.05) is 5.32 Å². The third kappa shape index (κ3) is 3.34. The maximum absolute atomic E-state index is 13.4. The minimum atomic E-state index is -0.234. The zero-order chi connectivity index (χ0) is 13.7. The van der Waals surface area contributed by atoms with E-state index < -0.39 is 0 Å². The summed E-state index contributed by atoms with van der Waals surface area (Å²) >= 11 is 0. The highest BCUT2D eigenvalue weighted by Gasteiger charge is 2.08. The summed E-state index contributed by atoms with van der Waals surface area (Å²) in [5, 5.41) is 7.60. The van der Waals surface area contributed by atoms with Crippen LogP contribution in [0.5, 0.6) is 0 Å². The first kappa shape index (κ1) is 13.6. The third-order valence-corrected chi connectivity index (χ3v) is 3.31. The van der Waals surface area contributed by atoms with Crippen LogP contribution in [-0.4, -0.2) is 9.78 Å². The molecule has 19 heavy (non-hydrogen) atoms. The van der Waals surface area contributed by atoms with Gasteiger partial charge in [0.25, 0.3) is 0 Å². The van der Waals surface area contributed by atoms with Gasteiger partial charge in [-0.15, -0.1) is 0 Å². The summed E-state index contributed by atoms with van der Waals surface area (Å²) in [6.07, 6.45) is 4.13. The number of benzene rings is 1. The van der Waals surface area contributed by atoms with Crippen LogP contribution >= 0.6 is 0 Å². The number of hydrogen-bond donors (Lipinski definition) is 1. The fourth-order valence-corrected chi connectivity index (χ4v) is 2.13. The van der Waals surface area contributed by atoms with Crippen molar-refractivity contribution in [3.8, 4) is 0 Å². The first-order chi connectivity index (χ1) is 9.24. The van der Waals surface area contributed by atoms with Crippen LogP contribution in [0.3, 0.4) is 0 Å². The van der Waals surface area contributed by atoms with E-state index in [4.69, 9.17) is 0 Å². The lowest BCUT2D eigenvalue weighted by atomic mass is 10.2. The number of nitrogens with one attached hydrogen (secondary N) is 1. The van der Waals surface area contributed by atoms with Crippen molar-refractivity contribution in [3.05, 3.63) is 48.0 Å². The van der Waals surface area contributed by atoms with E-state index in [0.717, 1.165) is 18.5 Å². The van der Waals surface area contributed by atoms with Crippen molar-refractivity contribution in [1.82, 2.24) is 9.78 Å². The third-order valence-electron chi connectivity index (χ3n) is 3.31. The van der Waals surface area contributed by atoms with Gasteiger partial charge < -0.3 is 5.32 Å². The topological polar surface area (TPSA) is 29.9 Å². The molecule has 0 unspecified atom stereocenters. The molecule has 0 aliphatic heterocycles. The molecule has 2 rings (SSSR count). The lowest BCUT2D eigenvalue weighted by Crippen LogP contribution is -2.09. The van der Waals surface area contributed by atoms with E-state index in [1.807, 2.05) is 23.0 Å². The number of aromatic nitrogens is 2. The molecule has 4 heteroatoms. The van der Waals surface area contributed by atoms with E-state index in [0.29, 0.717) is 18.3 Å². The molecule has 0 bridgehead atoms. The Labute approximate surface area is 113 Å². The van der Waals surface area contributed by atoms with Gasteiger partial charge in [0.05, 0.1) is 24.0 Å². The van der Waals surface area contributed by atoms with Crippen molar-refractivity contribution in [2.45, 2.75) is 39.3 Å². The van der Waals surface area contributed by atoms with Crippen molar-refractivity contribution >= 4 is 5.69 Å². The Bertz CT molecular complexity index is 518. The molecule has 1 aromatic heterocycles. The fourth-order valence-electron chi connectivity index (χ4n) is 2.13. The van der Waals surface area contributed by atoms with Crippen LogP contribution in [-0.2, 0) is 6.54 Å². The smallest absolute Gasteiger partial charge is 0.146 e. The number of anilines is 1. The van der Waals surface area contributed by atoms with Gasteiger partial charge in [0, 0.05) is 6.20 Å². The second-order valence-corrected chi connectivity index (χ2v) is 4.59. The Kier molecular flexibility index (Phi) is 4.55. The average Bonchev–Trinajstić information content (AvgIpc) is 2.88. The number of rotatable bonds is 6. The van der Waals surface area contributed by atoms with E-state index >= 15 is 0 Å². The number of hydrogen-bond acceptors (Lipinski definition) is 2. The van der Waals surface area contributed by atoms with Crippen molar-refractivity contribution < 1.29 is 4.39 Å². The molecule has 3 nitrogen and oxygen atoms in total. The molecular formula is C15H20FN3. The quantitative estimate of drug-likeness (QED) is 0.852. The molecule has 0 fully saturated rings. The van der Waals surface area contributed by atoms with Crippen LogP contribution in [0.2, 0.25) is 0 Å². The summed E-state index contributed by atoms with van der Waals surface area (Å²) in [5.41, 5.74) is 1.44. The molecule has 1 N–H and O–H groups in total. The van der Waals surface area contributed by atoms with Gasteiger partial charge in [-0.3, -0.25) is 4.68 Å². The summed E-state index contributed by atoms with van der Waals surface area (Å²) in [6.45, 7) is 4.86. The Balaban J connectivity index is 1.99. The number of nitrogens with zero attached hydrogens (tertiary/aromatic N) is 2. The van der Waals surface area contributed by atoms with Gasteiger partial charge >= 0.3 is 0 Å². The summed E-state index contributed by atoms with van der Waals surface area (Å²) in [5.74, 6) is -0.234. The van der Waals surface area contributed by atoms with Crippen LogP contribution in [0, 0.1) is 5.82 Å². The van der Waals surface area contributed by atoms with Crippen molar-refractivity contribution in [3.63, 3.8) is 0 Å². The highest BCUT2D eigenvalue weighted by atomic mass is 19.1. The molecule has 2 aromatic rings. The van der Waals surface area contributed by atoms with Crippen LogP contribution in [0.25, 0.3) is 0 Å². The molecule has 0 aliphatic rings. The Morgan fingerprint density at radius 3 is 2.63 bits per heavy atom. The molecule has 0 aliphatic carbocycles. The Hall–Kier alpha value is -1.84. The summed E-state index contributed by atoms with van der Waals surface area (Å²) in [7, 11) is 0. The SMILES string of the molecule is CCC(CC)n1ccc(CNc2ccccc2F)n1. The van der Waals surface area contributed by atoms with Gasteiger partial charge in [-0.05, 0) is 31.0 Å². The normalized spacial score (nSPS) is 10.9. The molecule has 0 saturated heterocycles. The molecule has 0 radical (unpaired) electrons. The predicted octanol–water partition coefficient (Wildman–Crippen LogP) is 4.00.